The molecule has 1 aliphatic heterocycles. The Bertz CT molecular complexity index is 818. The highest BCUT2D eigenvalue weighted by atomic mass is 32.1. The van der Waals surface area contributed by atoms with E-state index in [1.165, 1.54) is 5.56 Å². The van der Waals surface area contributed by atoms with Gasteiger partial charge in [0.2, 0.25) is 0 Å². The summed E-state index contributed by atoms with van der Waals surface area (Å²) < 4.78 is 11.8. The molecule has 0 spiro atoms. The fraction of sp³-hybridized carbons (Fsp3) is 0.263. The topological polar surface area (TPSA) is 47.5 Å². The van der Waals surface area contributed by atoms with Crippen molar-refractivity contribution in [2.24, 2.45) is 0 Å². The summed E-state index contributed by atoms with van der Waals surface area (Å²) in [6, 6.07) is 16.3. The Balaban J connectivity index is 1.80. The summed E-state index contributed by atoms with van der Waals surface area (Å²) in [5, 5.41) is 2.81. The zero-order chi connectivity index (χ0) is 17.1. The predicted octanol–water partition coefficient (Wildman–Crippen LogP) is 3.93. The highest BCUT2D eigenvalue weighted by Crippen LogP contribution is 2.38. The Kier molecular flexibility index (Phi) is 4.48. The molecule has 6 heteroatoms. The Morgan fingerprint density at radius 1 is 1.16 bits per heavy atom. The molecule has 3 heterocycles. The first kappa shape index (κ1) is 16.2. The quantitative estimate of drug-likeness (QED) is 0.695. The smallest absolute Gasteiger partial charge is 0.193 e. The summed E-state index contributed by atoms with van der Waals surface area (Å²) in [5.74, 6) is 0.816. The molecule has 0 saturated carbocycles. The number of ether oxygens (including phenoxy) is 2. The first-order chi connectivity index (χ1) is 12.3. The van der Waals surface area contributed by atoms with E-state index in [-0.39, 0.29) is 6.79 Å². The minimum absolute atomic E-state index is 0.264. The molecular weight excluding hydrogens is 334 g/mol. The number of nitrogens with zero attached hydrogens (tertiary/aromatic N) is 3. The minimum Gasteiger partial charge on any atom is -0.350 e. The maximum atomic E-state index is 6.16. The number of hydrogen-bond donors (Lipinski definition) is 0. The van der Waals surface area contributed by atoms with Crippen LogP contribution in [0.15, 0.2) is 60.1 Å². The number of anilines is 2. The van der Waals surface area contributed by atoms with Crippen molar-refractivity contribution in [3.63, 3.8) is 0 Å². The first-order valence-corrected chi connectivity index (χ1v) is 9.04. The highest BCUT2D eigenvalue weighted by molar-refractivity contribution is 7.13. The van der Waals surface area contributed by atoms with Crippen LogP contribution in [0.2, 0.25) is 0 Å². The second-order valence-corrected chi connectivity index (χ2v) is 6.88. The van der Waals surface area contributed by atoms with Gasteiger partial charge in [-0.05, 0) is 24.6 Å². The minimum atomic E-state index is -0.667. The summed E-state index contributed by atoms with van der Waals surface area (Å²) in [4.78, 5) is 11.3. The van der Waals surface area contributed by atoms with Gasteiger partial charge in [-0.1, -0.05) is 36.4 Å². The summed E-state index contributed by atoms with van der Waals surface area (Å²) in [5.41, 5.74) is 1.47. The van der Waals surface area contributed by atoms with Crippen LogP contribution in [0.4, 0.5) is 10.9 Å². The van der Waals surface area contributed by atoms with Crippen molar-refractivity contribution < 1.29 is 9.47 Å². The third-order valence-electron chi connectivity index (χ3n) is 4.18. The molecule has 5 nitrogen and oxygen atoms in total. The molecule has 1 atom stereocenters. The number of thiazole rings is 1. The molecule has 2 aromatic heterocycles. The van der Waals surface area contributed by atoms with Gasteiger partial charge < -0.3 is 9.47 Å². The van der Waals surface area contributed by atoms with Crippen LogP contribution >= 0.6 is 11.3 Å². The largest absolute Gasteiger partial charge is 0.350 e. The van der Waals surface area contributed by atoms with Crippen molar-refractivity contribution in [3.8, 4) is 0 Å². The van der Waals surface area contributed by atoms with Crippen molar-refractivity contribution in [3.05, 3.63) is 71.4 Å². The van der Waals surface area contributed by atoms with E-state index >= 15 is 0 Å². The summed E-state index contributed by atoms with van der Waals surface area (Å²) in [6.45, 7) is 2.71. The van der Waals surface area contributed by atoms with Gasteiger partial charge >= 0.3 is 0 Å². The van der Waals surface area contributed by atoms with Crippen LogP contribution in [-0.2, 0) is 15.9 Å². The number of pyridine rings is 1. The number of hydrogen-bond acceptors (Lipinski definition) is 6. The average molecular weight is 353 g/mol. The molecule has 25 heavy (non-hydrogen) atoms. The Morgan fingerprint density at radius 3 is 2.72 bits per heavy atom. The van der Waals surface area contributed by atoms with E-state index in [0.29, 0.717) is 13.0 Å². The first-order valence-electron chi connectivity index (χ1n) is 8.16. The van der Waals surface area contributed by atoms with Crippen molar-refractivity contribution >= 4 is 22.3 Å². The van der Waals surface area contributed by atoms with Gasteiger partial charge in [0.25, 0.3) is 0 Å². The second-order valence-electron chi connectivity index (χ2n) is 6.01. The highest BCUT2D eigenvalue weighted by Gasteiger charge is 2.45. The van der Waals surface area contributed by atoms with E-state index in [0.717, 1.165) is 16.6 Å². The predicted molar refractivity (Wildman–Crippen MR) is 98.0 cm³/mol. The molecule has 0 radical (unpaired) electrons. The van der Waals surface area contributed by atoms with E-state index in [9.17, 15) is 0 Å². The second kappa shape index (κ2) is 6.92. The number of benzene rings is 1. The molecule has 3 aromatic rings. The van der Waals surface area contributed by atoms with Crippen LogP contribution < -0.4 is 4.90 Å². The third kappa shape index (κ3) is 3.28. The van der Waals surface area contributed by atoms with Gasteiger partial charge in [0, 0.05) is 23.7 Å². The van der Waals surface area contributed by atoms with Crippen molar-refractivity contribution in [2.75, 3.05) is 18.3 Å². The van der Waals surface area contributed by atoms with Crippen LogP contribution in [0.1, 0.15) is 11.3 Å². The third-order valence-corrected chi connectivity index (χ3v) is 4.94. The molecule has 1 fully saturated rings. The van der Waals surface area contributed by atoms with Gasteiger partial charge in [0.05, 0.1) is 6.61 Å². The van der Waals surface area contributed by atoms with Crippen molar-refractivity contribution in [1.82, 2.24) is 9.97 Å². The van der Waals surface area contributed by atoms with Crippen LogP contribution in [0.3, 0.4) is 0 Å². The summed E-state index contributed by atoms with van der Waals surface area (Å²) >= 11 is 1.57. The van der Waals surface area contributed by atoms with Crippen LogP contribution in [0.5, 0.6) is 0 Å². The van der Waals surface area contributed by atoms with Crippen LogP contribution in [-0.4, -0.2) is 29.1 Å². The lowest BCUT2D eigenvalue weighted by Crippen LogP contribution is -2.50. The van der Waals surface area contributed by atoms with Gasteiger partial charge in [-0.15, -0.1) is 11.3 Å². The van der Waals surface area contributed by atoms with E-state index in [1.54, 1.807) is 17.5 Å². The Labute approximate surface area is 150 Å². The fourth-order valence-electron chi connectivity index (χ4n) is 3.08. The van der Waals surface area contributed by atoms with E-state index in [2.05, 4.69) is 22.0 Å². The van der Waals surface area contributed by atoms with Gasteiger partial charge in [0.1, 0.15) is 12.6 Å². The molecule has 1 unspecified atom stereocenters. The molecule has 0 amide bonds. The average Bonchev–Trinajstić information content (AvgIpc) is 3.29. The van der Waals surface area contributed by atoms with Crippen molar-refractivity contribution in [2.45, 2.75) is 19.1 Å². The van der Waals surface area contributed by atoms with Gasteiger partial charge in [0.15, 0.2) is 10.9 Å². The number of aromatic nitrogens is 2. The SMILES string of the molecule is Cc1cccc(N(c2nccs2)C2(Cc3ccccc3)COCO2)n1. The zero-order valence-corrected chi connectivity index (χ0v) is 14.8. The maximum absolute atomic E-state index is 6.16. The normalized spacial score (nSPS) is 19.9. The molecule has 1 aromatic carbocycles. The number of rotatable bonds is 5. The van der Waals surface area contributed by atoms with Gasteiger partial charge in [-0.2, -0.15) is 0 Å². The van der Waals surface area contributed by atoms with E-state index in [4.69, 9.17) is 14.5 Å². The molecule has 1 saturated heterocycles. The summed E-state index contributed by atoms with van der Waals surface area (Å²) in [7, 11) is 0. The molecule has 0 aliphatic carbocycles. The lowest BCUT2D eigenvalue weighted by Gasteiger charge is -2.38. The molecule has 128 valence electrons. The molecule has 0 N–H and O–H groups in total. The Hall–Kier alpha value is -2.28. The number of aryl methyl sites for hydroxylation is 1. The zero-order valence-electron chi connectivity index (χ0n) is 14.0. The molecule has 1 aliphatic rings. The summed E-state index contributed by atoms with van der Waals surface area (Å²) in [6.07, 6.45) is 2.48. The van der Waals surface area contributed by atoms with E-state index in [1.807, 2.05) is 48.7 Å². The molecular formula is C19H19N3O2S. The van der Waals surface area contributed by atoms with Crippen LogP contribution in [0.25, 0.3) is 0 Å². The van der Waals surface area contributed by atoms with Crippen molar-refractivity contribution in [1.29, 1.82) is 0 Å². The lowest BCUT2D eigenvalue weighted by atomic mass is 10.0. The van der Waals surface area contributed by atoms with E-state index < -0.39 is 5.72 Å². The lowest BCUT2D eigenvalue weighted by molar-refractivity contribution is -0.00463. The van der Waals surface area contributed by atoms with Gasteiger partial charge in [-0.3, -0.25) is 4.90 Å². The van der Waals surface area contributed by atoms with Gasteiger partial charge in [-0.25, -0.2) is 9.97 Å². The maximum Gasteiger partial charge on any atom is 0.193 e. The standard InChI is InChI=1S/C19H19N3O2S/c1-15-6-5-9-17(21-15)22(18-20-10-11-25-18)19(13-23-14-24-19)12-16-7-3-2-4-8-16/h2-11H,12-14H2,1H3. The molecule has 0 bridgehead atoms. The van der Waals surface area contributed by atoms with Crippen LogP contribution in [0, 0.1) is 6.92 Å². The monoisotopic (exact) mass is 353 g/mol. The molecule has 4 rings (SSSR count). The fourth-order valence-corrected chi connectivity index (χ4v) is 3.81. The Morgan fingerprint density at radius 2 is 2.04 bits per heavy atom.